The van der Waals surface area contributed by atoms with Crippen LogP contribution < -0.4 is 0 Å². The minimum absolute atomic E-state index is 0.984. The highest BCUT2D eigenvalue weighted by atomic mass is 15.3. The third kappa shape index (κ3) is 1.73. The average Bonchev–Trinajstić information content (AvgIpc) is 2.99. The van der Waals surface area contributed by atoms with Crippen LogP contribution in [0.4, 0.5) is 0 Å². The molecular formula is C13H12N4. The first kappa shape index (κ1) is 9.84. The van der Waals surface area contributed by atoms with Crippen molar-refractivity contribution < 1.29 is 0 Å². The quantitative estimate of drug-likeness (QED) is 0.727. The first-order chi connectivity index (χ1) is 8.34. The van der Waals surface area contributed by atoms with Crippen LogP contribution in [0.3, 0.4) is 0 Å². The number of aromatic nitrogens is 4. The molecule has 0 saturated carbocycles. The van der Waals surface area contributed by atoms with Crippen LogP contribution in [0.25, 0.3) is 16.9 Å². The van der Waals surface area contributed by atoms with Crippen LogP contribution in [0.1, 0.15) is 5.69 Å². The van der Waals surface area contributed by atoms with Crippen molar-refractivity contribution in [3.8, 4) is 16.9 Å². The van der Waals surface area contributed by atoms with E-state index in [2.05, 4.69) is 15.3 Å². The SMILES string of the molecule is Cc1nn(-c2ccccc2)cc1-c1ccn[nH]1. The van der Waals surface area contributed by atoms with Crippen LogP contribution in [-0.4, -0.2) is 20.0 Å². The molecule has 2 heterocycles. The molecule has 4 heteroatoms. The summed E-state index contributed by atoms with van der Waals surface area (Å²) in [5.74, 6) is 0. The highest BCUT2D eigenvalue weighted by Crippen LogP contribution is 2.21. The van der Waals surface area contributed by atoms with E-state index in [1.165, 1.54) is 0 Å². The van der Waals surface area contributed by atoms with Gasteiger partial charge in [0, 0.05) is 18.0 Å². The van der Waals surface area contributed by atoms with Crippen molar-refractivity contribution in [2.45, 2.75) is 6.92 Å². The maximum absolute atomic E-state index is 4.51. The minimum atomic E-state index is 0.984. The Labute approximate surface area is 98.9 Å². The first-order valence-electron chi connectivity index (χ1n) is 5.46. The second-order valence-electron chi connectivity index (χ2n) is 3.88. The van der Waals surface area contributed by atoms with E-state index in [4.69, 9.17) is 0 Å². The fourth-order valence-electron chi connectivity index (χ4n) is 1.84. The second-order valence-corrected chi connectivity index (χ2v) is 3.88. The molecule has 2 aromatic heterocycles. The van der Waals surface area contributed by atoms with E-state index in [1.54, 1.807) is 6.20 Å². The lowest BCUT2D eigenvalue weighted by molar-refractivity contribution is 0.863. The maximum atomic E-state index is 4.51. The van der Waals surface area contributed by atoms with Gasteiger partial charge < -0.3 is 0 Å². The number of aryl methyl sites for hydroxylation is 1. The van der Waals surface area contributed by atoms with Crippen LogP contribution in [-0.2, 0) is 0 Å². The number of rotatable bonds is 2. The lowest BCUT2D eigenvalue weighted by Crippen LogP contribution is -1.93. The smallest absolute Gasteiger partial charge is 0.0691 e. The zero-order chi connectivity index (χ0) is 11.7. The summed E-state index contributed by atoms with van der Waals surface area (Å²) in [6, 6.07) is 12.0. The number of nitrogens with zero attached hydrogens (tertiary/aromatic N) is 3. The Kier molecular flexibility index (Phi) is 2.26. The molecule has 0 atom stereocenters. The van der Waals surface area contributed by atoms with Gasteiger partial charge in [0.15, 0.2) is 0 Å². The van der Waals surface area contributed by atoms with Gasteiger partial charge in [-0.25, -0.2) is 4.68 Å². The average molecular weight is 224 g/mol. The van der Waals surface area contributed by atoms with Crippen LogP contribution in [0.15, 0.2) is 48.8 Å². The van der Waals surface area contributed by atoms with Gasteiger partial charge in [-0.05, 0) is 25.1 Å². The summed E-state index contributed by atoms with van der Waals surface area (Å²) in [5, 5.41) is 11.4. The van der Waals surface area contributed by atoms with E-state index < -0.39 is 0 Å². The van der Waals surface area contributed by atoms with E-state index in [0.717, 1.165) is 22.6 Å². The first-order valence-corrected chi connectivity index (χ1v) is 5.46. The molecule has 0 amide bonds. The normalized spacial score (nSPS) is 10.6. The zero-order valence-electron chi connectivity index (χ0n) is 9.46. The minimum Gasteiger partial charge on any atom is -0.278 e. The molecule has 0 fully saturated rings. The summed E-state index contributed by atoms with van der Waals surface area (Å²) in [6.45, 7) is 2.00. The molecule has 0 aliphatic rings. The Bertz CT molecular complexity index is 608. The summed E-state index contributed by atoms with van der Waals surface area (Å²) in [5.41, 5.74) is 4.11. The Balaban J connectivity index is 2.08. The topological polar surface area (TPSA) is 46.5 Å². The fraction of sp³-hybridized carbons (Fsp3) is 0.0769. The summed E-state index contributed by atoms with van der Waals surface area (Å²) in [4.78, 5) is 0. The molecule has 4 nitrogen and oxygen atoms in total. The second kappa shape index (κ2) is 3.90. The lowest BCUT2D eigenvalue weighted by Gasteiger charge is -1.98. The summed E-state index contributed by atoms with van der Waals surface area (Å²) >= 11 is 0. The Hall–Kier alpha value is -2.36. The molecule has 1 N–H and O–H groups in total. The largest absolute Gasteiger partial charge is 0.278 e. The lowest BCUT2D eigenvalue weighted by atomic mass is 10.2. The van der Waals surface area contributed by atoms with Gasteiger partial charge in [-0.3, -0.25) is 5.10 Å². The number of H-pyrrole nitrogens is 1. The van der Waals surface area contributed by atoms with Crippen molar-refractivity contribution in [1.29, 1.82) is 0 Å². The zero-order valence-corrected chi connectivity index (χ0v) is 9.46. The maximum Gasteiger partial charge on any atom is 0.0691 e. The highest BCUT2D eigenvalue weighted by molar-refractivity contribution is 5.61. The van der Waals surface area contributed by atoms with Crippen molar-refractivity contribution in [2.75, 3.05) is 0 Å². The Morgan fingerprint density at radius 2 is 1.94 bits per heavy atom. The van der Waals surface area contributed by atoms with E-state index in [-0.39, 0.29) is 0 Å². The summed E-state index contributed by atoms with van der Waals surface area (Å²) in [7, 11) is 0. The Morgan fingerprint density at radius 3 is 2.65 bits per heavy atom. The van der Waals surface area contributed by atoms with E-state index in [0.29, 0.717) is 0 Å². The standard InChI is InChI=1S/C13H12N4/c1-10-12(13-7-8-14-15-13)9-17(16-10)11-5-3-2-4-6-11/h2-9H,1H3,(H,14,15). The van der Waals surface area contributed by atoms with Gasteiger partial charge in [0.2, 0.25) is 0 Å². The number of benzene rings is 1. The van der Waals surface area contributed by atoms with E-state index in [9.17, 15) is 0 Å². The molecule has 0 spiro atoms. The van der Waals surface area contributed by atoms with Crippen LogP contribution in [0, 0.1) is 6.92 Å². The van der Waals surface area contributed by atoms with Gasteiger partial charge in [0.05, 0.1) is 17.1 Å². The molecule has 0 aliphatic carbocycles. The molecule has 3 aromatic rings. The van der Waals surface area contributed by atoms with Gasteiger partial charge in [0.1, 0.15) is 0 Å². The van der Waals surface area contributed by atoms with Crippen LogP contribution in [0.2, 0.25) is 0 Å². The highest BCUT2D eigenvalue weighted by Gasteiger charge is 2.08. The molecule has 0 unspecified atom stereocenters. The molecule has 0 radical (unpaired) electrons. The molecule has 3 rings (SSSR count). The number of hydrogen-bond donors (Lipinski definition) is 1. The monoisotopic (exact) mass is 224 g/mol. The van der Waals surface area contributed by atoms with Gasteiger partial charge in [-0.1, -0.05) is 18.2 Å². The third-order valence-corrected chi connectivity index (χ3v) is 2.71. The molecule has 1 aromatic carbocycles. The molecule has 84 valence electrons. The van der Waals surface area contributed by atoms with Crippen molar-refractivity contribution in [2.24, 2.45) is 0 Å². The van der Waals surface area contributed by atoms with E-state index >= 15 is 0 Å². The molecule has 17 heavy (non-hydrogen) atoms. The van der Waals surface area contributed by atoms with Crippen molar-refractivity contribution in [3.63, 3.8) is 0 Å². The number of nitrogens with one attached hydrogen (secondary N) is 1. The predicted octanol–water partition coefficient (Wildman–Crippen LogP) is 2.57. The van der Waals surface area contributed by atoms with Gasteiger partial charge in [0.25, 0.3) is 0 Å². The van der Waals surface area contributed by atoms with Crippen LogP contribution >= 0.6 is 0 Å². The summed E-state index contributed by atoms with van der Waals surface area (Å²) in [6.07, 6.45) is 3.76. The van der Waals surface area contributed by atoms with Crippen molar-refractivity contribution >= 4 is 0 Å². The number of aromatic amines is 1. The Morgan fingerprint density at radius 1 is 1.12 bits per heavy atom. The van der Waals surface area contributed by atoms with E-state index in [1.807, 2.05) is 54.2 Å². The van der Waals surface area contributed by atoms with Gasteiger partial charge in [-0.15, -0.1) is 0 Å². The third-order valence-electron chi connectivity index (χ3n) is 2.71. The van der Waals surface area contributed by atoms with Gasteiger partial charge in [-0.2, -0.15) is 10.2 Å². The van der Waals surface area contributed by atoms with Crippen molar-refractivity contribution in [3.05, 3.63) is 54.5 Å². The number of para-hydroxylation sites is 1. The van der Waals surface area contributed by atoms with Crippen LogP contribution in [0.5, 0.6) is 0 Å². The molecule has 0 saturated heterocycles. The predicted molar refractivity (Wildman–Crippen MR) is 65.9 cm³/mol. The van der Waals surface area contributed by atoms with Crippen molar-refractivity contribution in [1.82, 2.24) is 20.0 Å². The van der Waals surface area contributed by atoms with Gasteiger partial charge >= 0.3 is 0 Å². The molecular weight excluding hydrogens is 212 g/mol. The number of hydrogen-bond acceptors (Lipinski definition) is 2. The molecule has 0 bridgehead atoms. The molecule has 0 aliphatic heterocycles. The fourth-order valence-corrected chi connectivity index (χ4v) is 1.84. The summed E-state index contributed by atoms with van der Waals surface area (Å²) < 4.78 is 1.88.